The zero-order valence-electron chi connectivity index (χ0n) is 39.0. The first-order chi connectivity index (χ1) is 30.8. The standard InChI is InChI=1S/C53H86O10/c1-3-5-7-9-11-13-15-17-19-21-23-25-27-29-31-33-35-37-39-41-48(55)60-44-46(45-61-53-52(59)51(58)50(57)47(43-54)63-53)62-49(56)42-40-38-36-34-32-30-28-26-24-22-20-18-16-14-12-10-8-6-4-2/h6,8,11-14,17-20,24,26,30,32,36,38,46-47,50-54,57-59H,3-5,7,9-10,15-16,21-23,25,27-29,31,33-35,37,39-45H2,1-2H3/b8-6-,13-11-,14-12-,19-17-,20-18-,26-24-,32-30-,38-36-. The summed E-state index contributed by atoms with van der Waals surface area (Å²) in [5, 5.41) is 40.1. The average molecular weight is 883 g/mol. The van der Waals surface area contributed by atoms with Crippen LogP contribution in [0.1, 0.15) is 168 Å². The van der Waals surface area contributed by atoms with Crippen LogP contribution >= 0.6 is 0 Å². The van der Waals surface area contributed by atoms with Crippen LogP contribution in [0.3, 0.4) is 0 Å². The van der Waals surface area contributed by atoms with E-state index in [-0.39, 0.29) is 26.1 Å². The molecule has 1 aliphatic heterocycles. The van der Waals surface area contributed by atoms with Crippen molar-refractivity contribution >= 4 is 11.9 Å². The van der Waals surface area contributed by atoms with Crippen LogP contribution in [-0.2, 0) is 28.5 Å². The van der Waals surface area contributed by atoms with Crippen LogP contribution in [-0.4, -0.2) is 89.0 Å². The minimum Gasteiger partial charge on any atom is -0.462 e. The number of hydrogen-bond donors (Lipinski definition) is 4. The third-order valence-electron chi connectivity index (χ3n) is 10.5. The van der Waals surface area contributed by atoms with Crippen LogP contribution in [0.2, 0.25) is 0 Å². The van der Waals surface area contributed by atoms with Crippen molar-refractivity contribution in [2.75, 3.05) is 19.8 Å². The van der Waals surface area contributed by atoms with Gasteiger partial charge in [0.05, 0.1) is 13.2 Å². The molecule has 0 spiro atoms. The van der Waals surface area contributed by atoms with Gasteiger partial charge in [-0.1, -0.05) is 169 Å². The van der Waals surface area contributed by atoms with Crippen LogP contribution in [0.25, 0.3) is 0 Å². The summed E-state index contributed by atoms with van der Waals surface area (Å²) in [5.74, 6) is -0.916. The minimum atomic E-state index is -1.61. The predicted octanol–water partition coefficient (Wildman–Crippen LogP) is 11.1. The molecule has 0 saturated carbocycles. The summed E-state index contributed by atoms with van der Waals surface area (Å²) in [6, 6.07) is 0. The van der Waals surface area contributed by atoms with Gasteiger partial charge < -0.3 is 39.4 Å². The Kier molecular flexibility index (Phi) is 38.9. The van der Waals surface area contributed by atoms with E-state index in [1.54, 1.807) is 0 Å². The fourth-order valence-corrected chi connectivity index (χ4v) is 6.65. The van der Waals surface area contributed by atoms with Crippen LogP contribution < -0.4 is 0 Å². The van der Waals surface area contributed by atoms with E-state index >= 15 is 0 Å². The summed E-state index contributed by atoms with van der Waals surface area (Å²) < 4.78 is 22.1. The highest BCUT2D eigenvalue weighted by Gasteiger charge is 2.44. The van der Waals surface area contributed by atoms with E-state index in [1.165, 1.54) is 57.8 Å². The van der Waals surface area contributed by atoms with Gasteiger partial charge in [0.2, 0.25) is 0 Å². The van der Waals surface area contributed by atoms with Crippen molar-refractivity contribution in [2.24, 2.45) is 0 Å². The lowest BCUT2D eigenvalue weighted by Gasteiger charge is -2.39. The summed E-state index contributed by atoms with van der Waals surface area (Å²) in [7, 11) is 0. The van der Waals surface area contributed by atoms with E-state index in [0.29, 0.717) is 12.8 Å². The molecule has 1 fully saturated rings. The molecule has 6 unspecified atom stereocenters. The predicted molar refractivity (Wildman–Crippen MR) is 256 cm³/mol. The second kappa shape index (κ2) is 42.6. The number of carbonyl (C=O) groups is 2. The Hall–Kier alpha value is -3.38. The molecule has 1 rings (SSSR count). The Morgan fingerprint density at radius 3 is 1.48 bits per heavy atom. The van der Waals surface area contributed by atoms with Crippen LogP contribution in [0, 0.1) is 0 Å². The smallest absolute Gasteiger partial charge is 0.306 e. The molecule has 4 N–H and O–H groups in total. The minimum absolute atomic E-state index is 0.0986. The number of ether oxygens (including phenoxy) is 4. The SMILES string of the molecule is CC/C=C\C/C=C\C/C=C\C/C=C\C/C=C\C/C=C\CCC(=O)OC(COC(=O)CCCCCCCCCCC/C=C\C/C=C\CCCCC)COC1OC(CO)C(O)C(O)C1O. The molecule has 0 aliphatic carbocycles. The van der Waals surface area contributed by atoms with Gasteiger partial charge in [-0.25, -0.2) is 0 Å². The van der Waals surface area contributed by atoms with Gasteiger partial charge in [0.15, 0.2) is 12.4 Å². The van der Waals surface area contributed by atoms with E-state index in [4.69, 9.17) is 18.9 Å². The second-order valence-corrected chi connectivity index (χ2v) is 16.2. The van der Waals surface area contributed by atoms with E-state index in [2.05, 4.69) is 98.9 Å². The largest absolute Gasteiger partial charge is 0.462 e. The Bertz CT molecular complexity index is 1340. The van der Waals surface area contributed by atoms with Crippen molar-refractivity contribution in [3.05, 3.63) is 97.2 Å². The molecule has 0 aromatic rings. The summed E-state index contributed by atoms with van der Waals surface area (Å²) >= 11 is 0. The van der Waals surface area contributed by atoms with Crippen LogP contribution in [0.15, 0.2) is 97.2 Å². The number of rotatable bonds is 39. The Morgan fingerprint density at radius 1 is 0.508 bits per heavy atom. The summed E-state index contributed by atoms with van der Waals surface area (Å²) in [4.78, 5) is 25.4. The van der Waals surface area contributed by atoms with E-state index in [9.17, 15) is 30.0 Å². The third-order valence-corrected chi connectivity index (χ3v) is 10.5. The fourth-order valence-electron chi connectivity index (χ4n) is 6.65. The Labute approximate surface area is 381 Å². The first-order valence-corrected chi connectivity index (χ1v) is 24.3. The van der Waals surface area contributed by atoms with E-state index in [0.717, 1.165) is 70.6 Å². The third kappa shape index (κ3) is 33.8. The average Bonchev–Trinajstić information content (AvgIpc) is 3.28. The number of esters is 2. The normalized spacial score (nSPS) is 20.4. The molecule has 0 radical (unpaired) electrons. The van der Waals surface area contributed by atoms with Gasteiger partial charge in [0.25, 0.3) is 0 Å². The highest BCUT2D eigenvalue weighted by atomic mass is 16.7. The molecule has 10 heteroatoms. The number of allylic oxidation sites excluding steroid dienone is 16. The number of aliphatic hydroxyl groups excluding tert-OH is 4. The second-order valence-electron chi connectivity index (χ2n) is 16.2. The molecular formula is C53H86O10. The number of carbonyl (C=O) groups excluding carboxylic acids is 2. The van der Waals surface area contributed by atoms with Gasteiger partial charge in [0, 0.05) is 12.8 Å². The zero-order chi connectivity index (χ0) is 45.9. The molecule has 1 saturated heterocycles. The maximum atomic E-state index is 12.8. The highest BCUT2D eigenvalue weighted by molar-refractivity contribution is 5.70. The molecule has 0 aromatic carbocycles. The molecule has 1 heterocycles. The van der Waals surface area contributed by atoms with Crippen molar-refractivity contribution in [1.82, 2.24) is 0 Å². The van der Waals surface area contributed by atoms with E-state index < -0.39 is 55.4 Å². The molecular weight excluding hydrogens is 797 g/mol. The van der Waals surface area contributed by atoms with Gasteiger partial charge >= 0.3 is 11.9 Å². The van der Waals surface area contributed by atoms with Crippen LogP contribution in [0.4, 0.5) is 0 Å². The molecule has 6 atom stereocenters. The van der Waals surface area contributed by atoms with Crippen molar-refractivity contribution in [3.63, 3.8) is 0 Å². The van der Waals surface area contributed by atoms with Gasteiger partial charge in [0.1, 0.15) is 31.0 Å². The van der Waals surface area contributed by atoms with Gasteiger partial charge in [-0.2, -0.15) is 0 Å². The molecule has 63 heavy (non-hydrogen) atoms. The highest BCUT2D eigenvalue weighted by Crippen LogP contribution is 2.22. The molecule has 0 aromatic heterocycles. The number of aliphatic hydroxyl groups is 4. The van der Waals surface area contributed by atoms with Crippen molar-refractivity contribution in [2.45, 2.75) is 205 Å². The first-order valence-electron chi connectivity index (χ1n) is 24.3. The number of unbranched alkanes of at least 4 members (excludes halogenated alkanes) is 12. The lowest BCUT2D eigenvalue weighted by Crippen LogP contribution is -2.59. The zero-order valence-corrected chi connectivity index (χ0v) is 39.0. The Balaban J connectivity index is 2.36. The van der Waals surface area contributed by atoms with Crippen molar-refractivity contribution in [1.29, 1.82) is 0 Å². The molecule has 358 valence electrons. The maximum absolute atomic E-state index is 12.8. The van der Waals surface area contributed by atoms with E-state index in [1.807, 2.05) is 12.2 Å². The summed E-state index contributed by atoms with van der Waals surface area (Å²) in [6.07, 6.45) is 49.9. The lowest BCUT2D eigenvalue weighted by molar-refractivity contribution is -0.305. The van der Waals surface area contributed by atoms with Gasteiger partial charge in [-0.3, -0.25) is 9.59 Å². The molecule has 10 nitrogen and oxygen atoms in total. The Morgan fingerprint density at radius 2 is 0.968 bits per heavy atom. The molecule has 0 amide bonds. The van der Waals surface area contributed by atoms with Crippen molar-refractivity contribution < 1.29 is 49.0 Å². The summed E-state index contributed by atoms with van der Waals surface area (Å²) in [5.41, 5.74) is 0. The maximum Gasteiger partial charge on any atom is 0.306 e. The van der Waals surface area contributed by atoms with Gasteiger partial charge in [-0.05, 0) is 83.5 Å². The topological polar surface area (TPSA) is 152 Å². The molecule has 0 bridgehead atoms. The van der Waals surface area contributed by atoms with Gasteiger partial charge in [-0.15, -0.1) is 0 Å². The monoisotopic (exact) mass is 883 g/mol. The first kappa shape index (κ1) is 57.6. The summed E-state index contributed by atoms with van der Waals surface area (Å²) in [6.45, 7) is 3.20. The lowest BCUT2D eigenvalue weighted by atomic mass is 9.99. The molecule has 1 aliphatic rings. The van der Waals surface area contributed by atoms with Crippen molar-refractivity contribution in [3.8, 4) is 0 Å². The quantitative estimate of drug-likeness (QED) is 0.0267. The number of hydrogen-bond acceptors (Lipinski definition) is 10. The fraction of sp³-hybridized carbons (Fsp3) is 0.660. The van der Waals surface area contributed by atoms with Crippen LogP contribution in [0.5, 0.6) is 0 Å².